The summed E-state index contributed by atoms with van der Waals surface area (Å²) in [5.74, 6) is -1.11. The van der Waals surface area contributed by atoms with E-state index in [0.29, 0.717) is 0 Å². The van der Waals surface area contributed by atoms with Crippen molar-refractivity contribution in [2.45, 2.75) is 0 Å². The molecule has 0 saturated carbocycles. The third-order valence-corrected chi connectivity index (χ3v) is 2.45. The van der Waals surface area contributed by atoms with Crippen LogP contribution in [0.4, 0.5) is 10.5 Å². The summed E-state index contributed by atoms with van der Waals surface area (Å²) in [7, 11) is 0. The second kappa shape index (κ2) is 6.24. The maximum atomic E-state index is 11.3. The van der Waals surface area contributed by atoms with Gasteiger partial charge in [-0.05, 0) is 40.8 Å². The van der Waals surface area contributed by atoms with E-state index in [0.717, 1.165) is 3.57 Å². The lowest BCUT2D eigenvalue weighted by molar-refractivity contribution is 0.0698. The summed E-state index contributed by atoms with van der Waals surface area (Å²) in [5, 5.41) is 11.3. The van der Waals surface area contributed by atoms with E-state index in [4.69, 9.17) is 9.84 Å². The molecule has 0 aliphatic rings. The number of hydrogen-bond donors (Lipinski definition) is 2. The van der Waals surface area contributed by atoms with E-state index in [1.165, 1.54) is 18.2 Å². The molecule has 0 bridgehead atoms. The fraction of sp³-hybridized carbons (Fsp3) is 0.0909. The van der Waals surface area contributed by atoms with E-state index in [1.54, 1.807) is 6.07 Å². The zero-order valence-electron chi connectivity index (χ0n) is 8.77. The molecule has 0 fully saturated rings. The molecule has 1 aromatic rings. The zero-order valence-corrected chi connectivity index (χ0v) is 10.9. The number of hydrogen-bond acceptors (Lipinski definition) is 3. The SMILES string of the molecule is C=CCOC(=O)Nc1ccc(I)cc1C(=O)O. The fourth-order valence-electron chi connectivity index (χ4n) is 1.08. The number of benzene rings is 1. The summed E-state index contributed by atoms with van der Waals surface area (Å²) < 4.78 is 5.47. The Morgan fingerprint density at radius 3 is 2.82 bits per heavy atom. The maximum Gasteiger partial charge on any atom is 0.411 e. The van der Waals surface area contributed by atoms with Gasteiger partial charge in [-0.25, -0.2) is 9.59 Å². The Hall–Kier alpha value is -1.57. The van der Waals surface area contributed by atoms with Crippen molar-refractivity contribution in [2.24, 2.45) is 0 Å². The molecule has 6 heteroatoms. The fourth-order valence-corrected chi connectivity index (χ4v) is 1.57. The Labute approximate surface area is 112 Å². The van der Waals surface area contributed by atoms with Crippen LogP contribution in [0.15, 0.2) is 30.9 Å². The Balaban J connectivity index is 2.86. The predicted octanol–water partition coefficient (Wildman–Crippen LogP) is 2.72. The molecule has 1 aromatic carbocycles. The van der Waals surface area contributed by atoms with E-state index < -0.39 is 12.1 Å². The highest BCUT2D eigenvalue weighted by Gasteiger charge is 2.13. The summed E-state index contributed by atoms with van der Waals surface area (Å²) in [5.41, 5.74) is 0.222. The Kier molecular flexibility index (Phi) is 4.95. The largest absolute Gasteiger partial charge is 0.478 e. The highest BCUT2D eigenvalue weighted by molar-refractivity contribution is 14.1. The zero-order chi connectivity index (χ0) is 12.8. The van der Waals surface area contributed by atoms with Gasteiger partial charge in [-0.1, -0.05) is 12.7 Å². The number of carbonyl (C=O) groups excluding carboxylic acids is 1. The second-order valence-corrected chi connectivity index (χ2v) is 4.25. The van der Waals surface area contributed by atoms with Gasteiger partial charge in [0.15, 0.2) is 0 Å². The van der Waals surface area contributed by atoms with Gasteiger partial charge in [0.1, 0.15) is 6.61 Å². The van der Waals surface area contributed by atoms with E-state index in [-0.39, 0.29) is 17.9 Å². The number of nitrogens with one attached hydrogen (secondary N) is 1. The van der Waals surface area contributed by atoms with Crippen LogP contribution in [-0.4, -0.2) is 23.8 Å². The second-order valence-electron chi connectivity index (χ2n) is 3.01. The molecule has 0 aliphatic heterocycles. The average Bonchev–Trinajstić information content (AvgIpc) is 2.28. The van der Waals surface area contributed by atoms with Crippen LogP contribution in [0.1, 0.15) is 10.4 Å². The third-order valence-electron chi connectivity index (χ3n) is 1.78. The molecule has 17 heavy (non-hydrogen) atoms. The molecular weight excluding hydrogens is 337 g/mol. The van der Waals surface area contributed by atoms with Crippen LogP contribution >= 0.6 is 22.6 Å². The number of carboxylic acid groups (broad SMARTS) is 1. The first-order chi connectivity index (χ1) is 8.04. The van der Waals surface area contributed by atoms with Crippen molar-refractivity contribution in [1.29, 1.82) is 0 Å². The number of carbonyl (C=O) groups is 2. The van der Waals surface area contributed by atoms with Gasteiger partial charge in [0, 0.05) is 3.57 Å². The van der Waals surface area contributed by atoms with Crippen LogP contribution in [0.25, 0.3) is 0 Å². The van der Waals surface area contributed by atoms with Crippen molar-refractivity contribution in [2.75, 3.05) is 11.9 Å². The molecule has 0 unspecified atom stereocenters. The van der Waals surface area contributed by atoms with Crippen molar-refractivity contribution >= 4 is 40.3 Å². The quantitative estimate of drug-likeness (QED) is 0.649. The molecule has 0 aliphatic carbocycles. The van der Waals surface area contributed by atoms with Crippen LogP contribution in [0, 0.1) is 3.57 Å². The smallest absolute Gasteiger partial charge is 0.411 e. The van der Waals surface area contributed by atoms with Gasteiger partial charge >= 0.3 is 12.1 Å². The Morgan fingerprint density at radius 2 is 2.24 bits per heavy atom. The molecule has 0 atom stereocenters. The molecule has 0 spiro atoms. The average molecular weight is 347 g/mol. The van der Waals surface area contributed by atoms with Gasteiger partial charge in [-0.2, -0.15) is 0 Å². The first-order valence-corrected chi connectivity index (χ1v) is 5.70. The van der Waals surface area contributed by atoms with Gasteiger partial charge in [0.2, 0.25) is 0 Å². The molecule has 1 amide bonds. The predicted molar refractivity (Wildman–Crippen MR) is 71.3 cm³/mol. The highest BCUT2D eigenvalue weighted by Crippen LogP contribution is 2.19. The Bertz CT molecular complexity index is 459. The van der Waals surface area contributed by atoms with E-state index >= 15 is 0 Å². The van der Waals surface area contributed by atoms with Gasteiger partial charge in [-0.15, -0.1) is 0 Å². The van der Waals surface area contributed by atoms with E-state index in [2.05, 4.69) is 11.9 Å². The summed E-state index contributed by atoms with van der Waals surface area (Å²) >= 11 is 1.99. The summed E-state index contributed by atoms with van der Waals surface area (Å²) in [6, 6.07) is 4.67. The first kappa shape index (κ1) is 13.5. The third kappa shape index (κ3) is 4.06. The van der Waals surface area contributed by atoms with Crippen LogP contribution < -0.4 is 5.32 Å². The molecule has 0 aromatic heterocycles. The van der Waals surface area contributed by atoms with Crippen LogP contribution in [-0.2, 0) is 4.74 Å². The Morgan fingerprint density at radius 1 is 1.53 bits per heavy atom. The number of ether oxygens (including phenoxy) is 1. The standard InChI is InChI=1S/C11H10INO4/c1-2-5-17-11(16)13-9-4-3-7(12)6-8(9)10(14)15/h2-4,6H,1,5H2,(H,13,16)(H,14,15). The highest BCUT2D eigenvalue weighted by atomic mass is 127. The number of halogens is 1. The van der Waals surface area contributed by atoms with Crippen molar-refractivity contribution in [3.8, 4) is 0 Å². The van der Waals surface area contributed by atoms with Crippen molar-refractivity contribution in [3.63, 3.8) is 0 Å². The molecule has 0 radical (unpaired) electrons. The lowest BCUT2D eigenvalue weighted by atomic mass is 10.2. The minimum atomic E-state index is -1.11. The van der Waals surface area contributed by atoms with Gasteiger partial charge in [-0.3, -0.25) is 5.32 Å². The molecular formula is C11H10INO4. The van der Waals surface area contributed by atoms with Gasteiger partial charge in [0.05, 0.1) is 11.3 Å². The van der Waals surface area contributed by atoms with Gasteiger partial charge < -0.3 is 9.84 Å². The van der Waals surface area contributed by atoms with E-state index in [1.807, 2.05) is 22.6 Å². The molecule has 5 nitrogen and oxygen atoms in total. The lowest BCUT2D eigenvalue weighted by Gasteiger charge is -2.08. The number of anilines is 1. The van der Waals surface area contributed by atoms with Crippen molar-refractivity contribution < 1.29 is 19.4 Å². The summed E-state index contributed by atoms with van der Waals surface area (Å²) in [4.78, 5) is 22.2. The number of aromatic carboxylic acids is 1. The molecule has 90 valence electrons. The number of carboxylic acids is 1. The monoisotopic (exact) mass is 347 g/mol. The number of amides is 1. The molecule has 1 rings (SSSR count). The summed E-state index contributed by atoms with van der Waals surface area (Å²) in [6.45, 7) is 3.47. The normalized spacial score (nSPS) is 9.47. The van der Waals surface area contributed by atoms with Crippen molar-refractivity contribution in [3.05, 3.63) is 40.0 Å². The minimum Gasteiger partial charge on any atom is -0.478 e. The van der Waals surface area contributed by atoms with Crippen LogP contribution in [0.5, 0.6) is 0 Å². The topological polar surface area (TPSA) is 75.6 Å². The van der Waals surface area contributed by atoms with E-state index in [9.17, 15) is 9.59 Å². The maximum absolute atomic E-state index is 11.3. The molecule has 0 heterocycles. The lowest BCUT2D eigenvalue weighted by Crippen LogP contribution is -2.16. The van der Waals surface area contributed by atoms with Gasteiger partial charge in [0.25, 0.3) is 0 Å². The van der Waals surface area contributed by atoms with Crippen LogP contribution in [0.3, 0.4) is 0 Å². The number of rotatable bonds is 4. The first-order valence-electron chi connectivity index (χ1n) is 4.62. The van der Waals surface area contributed by atoms with Crippen LogP contribution in [0.2, 0.25) is 0 Å². The molecule has 2 N–H and O–H groups in total. The molecule has 0 saturated heterocycles. The minimum absolute atomic E-state index is 0.0208. The summed E-state index contributed by atoms with van der Waals surface area (Å²) in [6.07, 6.45) is 0.708. The van der Waals surface area contributed by atoms with Crippen molar-refractivity contribution in [1.82, 2.24) is 0 Å².